The van der Waals surface area contributed by atoms with E-state index in [1.165, 1.54) is 29.4 Å². The number of carbonyl (C=O) groups is 2. The van der Waals surface area contributed by atoms with E-state index in [4.69, 9.17) is 4.74 Å². The van der Waals surface area contributed by atoms with Crippen LogP contribution in [0.25, 0.3) is 11.1 Å². The first-order chi connectivity index (χ1) is 17.6. The number of esters is 1. The third-order valence-corrected chi connectivity index (χ3v) is 7.71. The number of nitrogens with one attached hydrogen (secondary N) is 1. The molecule has 186 valence electrons. The van der Waals surface area contributed by atoms with Gasteiger partial charge in [0.05, 0.1) is 7.11 Å². The number of anilines is 2. The van der Waals surface area contributed by atoms with Crippen LogP contribution in [0.5, 0.6) is 0 Å². The van der Waals surface area contributed by atoms with E-state index in [1.807, 2.05) is 35.2 Å². The molecular weight excluding hydrogens is 448 g/mol. The van der Waals surface area contributed by atoms with Gasteiger partial charge < -0.3 is 10.1 Å². The maximum atomic E-state index is 13.0. The Kier molecular flexibility index (Phi) is 7.36. The van der Waals surface area contributed by atoms with Crippen molar-refractivity contribution in [3.8, 4) is 11.1 Å². The molecule has 3 aromatic carbocycles. The number of carbonyl (C=O) groups excluding carboxylic acids is 2. The van der Waals surface area contributed by atoms with Crippen molar-refractivity contribution < 1.29 is 14.3 Å². The van der Waals surface area contributed by atoms with E-state index in [9.17, 15) is 9.59 Å². The molecule has 5 nitrogen and oxygen atoms in total. The molecule has 3 aromatic rings. The summed E-state index contributed by atoms with van der Waals surface area (Å²) in [5.41, 5.74) is 6.80. The summed E-state index contributed by atoms with van der Waals surface area (Å²) in [5, 5.41) is 3.02. The number of hydrogen-bond donors (Lipinski definition) is 1. The summed E-state index contributed by atoms with van der Waals surface area (Å²) in [6, 6.07) is 24.9. The van der Waals surface area contributed by atoms with Crippen molar-refractivity contribution in [2.45, 2.75) is 50.9 Å². The second-order valence-electron chi connectivity index (χ2n) is 10.0. The molecule has 1 aliphatic carbocycles. The molecule has 1 N–H and O–H groups in total. The molecule has 0 bridgehead atoms. The molecule has 2 aliphatic rings. The van der Waals surface area contributed by atoms with Gasteiger partial charge in [0.2, 0.25) is 0 Å². The monoisotopic (exact) mass is 482 g/mol. The van der Waals surface area contributed by atoms with Gasteiger partial charge in [-0.1, -0.05) is 48.5 Å². The molecule has 0 atom stereocenters. The van der Waals surface area contributed by atoms with Crippen LogP contribution in [0.2, 0.25) is 0 Å². The first kappa shape index (κ1) is 24.1. The summed E-state index contributed by atoms with van der Waals surface area (Å²) < 4.78 is 4.83. The SMILES string of the molecule is COC(=O)CC1CCC(c2ccc(-c3ccc4c(c3)CCCN4C(=O)Nc3ccccc3)cc2)CC1. The second kappa shape index (κ2) is 11.0. The lowest BCUT2D eigenvalue weighted by atomic mass is 9.77. The molecule has 1 saturated carbocycles. The summed E-state index contributed by atoms with van der Waals surface area (Å²) in [7, 11) is 1.47. The maximum Gasteiger partial charge on any atom is 0.326 e. The highest BCUT2D eigenvalue weighted by Crippen LogP contribution is 2.38. The first-order valence-electron chi connectivity index (χ1n) is 13.0. The highest BCUT2D eigenvalue weighted by atomic mass is 16.5. The summed E-state index contributed by atoms with van der Waals surface area (Å²) in [6.45, 7) is 0.724. The average molecular weight is 483 g/mol. The van der Waals surface area contributed by atoms with Gasteiger partial charge in [-0.15, -0.1) is 0 Å². The Morgan fingerprint density at radius 1 is 0.917 bits per heavy atom. The van der Waals surface area contributed by atoms with Gasteiger partial charge in [-0.3, -0.25) is 9.69 Å². The van der Waals surface area contributed by atoms with E-state index in [-0.39, 0.29) is 12.0 Å². The van der Waals surface area contributed by atoms with Crippen LogP contribution in [-0.4, -0.2) is 25.7 Å². The molecule has 5 rings (SSSR count). The number of ether oxygens (including phenoxy) is 1. The lowest BCUT2D eigenvalue weighted by Crippen LogP contribution is -2.38. The van der Waals surface area contributed by atoms with Crippen LogP contribution in [-0.2, 0) is 16.0 Å². The maximum absolute atomic E-state index is 13.0. The number of hydrogen-bond acceptors (Lipinski definition) is 3. The number of benzene rings is 3. The Balaban J connectivity index is 1.25. The Hall–Kier alpha value is -3.60. The van der Waals surface area contributed by atoms with Gasteiger partial charge in [-0.05, 0) is 96.9 Å². The number of methoxy groups -OCH3 is 1. The van der Waals surface area contributed by atoms with Gasteiger partial charge in [0.25, 0.3) is 0 Å². The Morgan fingerprint density at radius 2 is 1.64 bits per heavy atom. The van der Waals surface area contributed by atoms with Gasteiger partial charge in [0, 0.05) is 24.3 Å². The highest BCUT2D eigenvalue weighted by molar-refractivity contribution is 6.02. The molecule has 0 unspecified atom stereocenters. The molecule has 0 aromatic heterocycles. The van der Waals surface area contributed by atoms with Crippen molar-refractivity contribution >= 4 is 23.4 Å². The minimum Gasteiger partial charge on any atom is -0.469 e. The molecular formula is C31H34N2O3. The summed E-state index contributed by atoms with van der Waals surface area (Å²) in [6.07, 6.45) is 6.90. The smallest absolute Gasteiger partial charge is 0.326 e. The minimum atomic E-state index is -0.0900. The number of rotatable bonds is 5. The van der Waals surface area contributed by atoms with Crippen LogP contribution in [0.3, 0.4) is 0 Å². The summed E-state index contributed by atoms with van der Waals surface area (Å²) in [4.78, 5) is 26.4. The van der Waals surface area contributed by atoms with Gasteiger partial charge >= 0.3 is 12.0 Å². The van der Waals surface area contributed by atoms with Crippen molar-refractivity contribution in [1.29, 1.82) is 0 Å². The zero-order chi connectivity index (χ0) is 24.9. The van der Waals surface area contributed by atoms with Gasteiger partial charge in [0.15, 0.2) is 0 Å². The van der Waals surface area contributed by atoms with Gasteiger partial charge in [-0.2, -0.15) is 0 Å². The molecule has 1 aliphatic heterocycles. The van der Waals surface area contributed by atoms with Crippen molar-refractivity contribution in [2.24, 2.45) is 5.92 Å². The Bertz CT molecular complexity index is 1200. The van der Waals surface area contributed by atoms with Crippen molar-refractivity contribution in [3.63, 3.8) is 0 Å². The van der Waals surface area contributed by atoms with Crippen LogP contribution in [0, 0.1) is 5.92 Å². The van der Waals surface area contributed by atoms with Gasteiger partial charge in [0.1, 0.15) is 0 Å². The van der Waals surface area contributed by atoms with Crippen LogP contribution in [0.15, 0.2) is 72.8 Å². The molecule has 1 fully saturated rings. The number of fused-ring (bicyclic) bond motifs is 1. The number of nitrogens with zero attached hydrogens (tertiary/aromatic N) is 1. The fourth-order valence-electron chi connectivity index (χ4n) is 5.67. The number of amides is 2. The van der Waals surface area contributed by atoms with Crippen LogP contribution >= 0.6 is 0 Å². The molecule has 5 heteroatoms. The zero-order valence-corrected chi connectivity index (χ0v) is 20.9. The fourth-order valence-corrected chi connectivity index (χ4v) is 5.67. The second-order valence-corrected chi connectivity index (χ2v) is 10.0. The lowest BCUT2D eigenvalue weighted by molar-refractivity contribution is -0.142. The van der Waals surface area contributed by atoms with Crippen LogP contribution in [0.4, 0.5) is 16.2 Å². The zero-order valence-electron chi connectivity index (χ0n) is 20.9. The largest absolute Gasteiger partial charge is 0.469 e. The Morgan fingerprint density at radius 3 is 2.36 bits per heavy atom. The molecule has 0 saturated heterocycles. The van der Waals surface area contributed by atoms with Crippen LogP contribution < -0.4 is 10.2 Å². The van der Waals surface area contributed by atoms with E-state index in [0.29, 0.717) is 18.3 Å². The number of para-hydroxylation sites is 1. The van der Waals surface area contributed by atoms with E-state index < -0.39 is 0 Å². The molecule has 2 amide bonds. The third-order valence-electron chi connectivity index (χ3n) is 7.71. The van der Waals surface area contributed by atoms with Crippen molar-refractivity contribution in [1.82, 2.24) is 0 Å². The fraction of sp³-hybridized carbons (Fsp3) is 0.355. The van der Waals surface area contributed by atoms with E-state index >= 15 is 0 Å². The van der Waals surface area contributed by atoms with E-state index in [0.717, 1.165) is 56.4 Å². The molecule has 1 heterocycles. The van der Waals surface area contributed by atoms with E-state index in [2.05, 4.69) is 47.8 Å². The number of aryl methyl sites for hydroxylation is 1. The molecule has 0 radical (unpaired) electrons. The van der Waals surface area contributed by atoms with Gasteiger partial charge in [-0.25, -0.2) is 4.79 Å². The standard InChI is InChI=1S/C31H34N2O3/c1-36-30(34)20-22-9-11-23(12-10-22)24-13-15-25(16-14-24)26-17-18-29-27(21-26)6-5-19-33(29)31(35)32-28-7-3-2-4-8-28/h2-4,7-8,13-18,21-23H,5-6,9-12,19-20H2,1H3,(H,32,35). The van der Waals surface area contributed by atoms with Crippen molar-refractivity contribution in [3.05, 3.63) is 83.9 Å². The third kappa shape index (κ3) is 5.46. The Labute approximate surface area is 213 Å². The van der Waals surface area contributed by atoms with E-state index in [1.54, 1.807) is 0 Å². The highest BCUT2D eigenvalue weighted by Gasteiger charge is 2.25. The predicted octanol–water partition coefficient (Wildman–Crippen LogP) is 7.18. The topological polar surface area (TPSA) is 58.6 Å². The number of urea groups is 1. The molecule has 0 spiro atoms. The normalized spacial score (nSPS) is 19.3. The minimum absolute atomic E-state index is 0.0828. The van der Waals surface area contributed by atoms with Crippen LogP contribution in [0.1, 0.15) is 55.6 Å². The van der Waals surface area contributed by atoms with Crippen molar-refractivity contribution in [2.75, 3.05) is 23.9 Å². The summed E-state index contributed by atoms with van der Waals surface area (Å²) >= 11 is 0. The predicted molar refractivity (Wildman–Crippen MR) is 144 cm³/mol. The quantitative estimate of drug-likeness (QED) is 0.392. The lowest BCUT2D eigenvalue weighted by Gasteiger charge is -2.30. The molecule has 36 heavy (non-hydrogen) atoms. The average Bonchev–Trinajstić information content (AvgIpc) is 2.93. The summed E-state index contributed by atoms with van der Waals surface area (Å²) in [5.74, 6) is 0.929. The first-order valence-corrected chi connectivity index (χ1v) is 13.0.